The molecule has 0 bridgehead atoms. The maximum atomic E-state index is 13.8. The smallest absolute Gasteiger partial charge is 0.264 e. The van der Waals surface area contributed by atoms with Gasteiger partial charge in [-0.15, -0.1) is 0 Å². The third-order valence-electron chi connectivity index (χ3n) is 6.13. The van der Waals surface area contributed by atoms with E-state index in [9.17, 15) is 13.5 Å². The maximum absolute atomic E-state index is 13.8. The van der Waals surface area contributed by atoms with E-state index in [1.165, 1.54) is 17.1 Å². The molecule has 0 saturated carbocycles. The van der Waals surface area contributed by atoms with Crippen LogP contribution in [0.2, 0.25) is 0 Å². The van der Waals surface area contributed by atoms with Crippen LogP contribution in [0.15, 0.2) is 71.6 Å². The number of rotatable bonds is 9. The molecule has 34 heavy (non-hydrogen) atoms. The van der Waals surface area contributed by atoms with Crippen molar-refractivity contribution in [2.45, 2.75) is 38.1 Å². The Labute approximate surface area is 202 Å². The second-order valence-electron chi connectivity index (χ2n) is 8.84. The van der Waals surface area contributed by atoms with Crippen LogP contribution in [0.5, 0.6) is 11.5 Å². The number of nitrogens with zero attached hydrogens (tertiary/aromatic N) is 2. The van der Waals surface area contributed by atoms with E-state index >= 15 is 0 Å². The van der Waals surface area contributed by atoms with Gasteiger partial charge < -0.3 is 9.84 Å². The molecule has 6 nitrogen and oxygen atoms in total. The largest absolute Gasteiger partial charge is 0.508 e. The Hall–Kier alpha value is -3.03. The molecule has 1 N–H and O–H groups in total. The van der Waals surface area contributed by atoms with Crippen LogP contribution in [0.3, 0.4) is 0 Å². The first-order valence-corrected chi connectivity index (χ1v) is 13.1. The summed E-state index contributed by atoms with van der Waals surface area (Å²) in [6.45, 7) is 7.60. The zero-order valence-electron chi connectivity index (χ0n) is 19.8. The fourth-order valence-electron chi connectivity index (χ4n) is 4.35. The highest BCUT2D eigenvalue weighted by Gasteiger charge is 2.27. The number of ether oxygens (including phenoxy) is 1. The molecule has 1 aliphatic rings. The van der Waals surface area contributed by atoms with Crippen molar-refractivity contribution >= 4 is 15.7 Å². The number of phenolic OH excluding ortho intramolecular Hbond substituents is 1. The number of phenols is 1. The Morgan fingerprint density at radius 2 is 1.71 bits per heavy atom. The van der Waals surface area contributed by atoms with Crippen LogP contribution in [-0.4, -0.2) is 44.7 Å². The second-order valence-corrected chi connectivity index (χ2v) is 10.7. The molecule has 3 aromatic rings. The number of aromatic hydroxyl groups is 1. The number of benzene rings is 3. The van der Waals surface area contributed by atoms with E-state index in [0.717, 1.165) is 25.2 Å². The van der Waals surface area contributed by atoms with Gasteiger partial charge in [0.2, 0.25) is 0 Å². The minimum Gasteiger partial charge on any atom is -0.508 e. The van der Waals surface area contributed by atoms with E-state index in [2.05, 4.69) is 4.90 Å². The van der Waals surface area contributed by atoms with Gasteiger partial charge in [0.05, 0.1) is 17.1 Å². The van der Waals surface area contributed by atoms with E-state index in [1.807, 2.05) is 38.1 Å². The fraction of sp³-hybridized carbons (Fsp3) is 0.333. The van der Waals surface area contributed by atoms with Gasteiger partial charge in [-0.05, 0) is 93.4 Å². The molecule has 0 amide bonds. The molecule has 0 radical (unpaired) electrons. The highest BCUT2D eigenvalue weighted by molar-refractivity contribution is 7.92. The van der Waals surface area contributed by atoms with E-state index in [1.54, 1.807) is 42.5 Å². The number of anilines is 1. The zero-order chi connectivity index (χ0) is 24.1. The van der Waals surface area contributed by atoms with Gasteiger partial charge in [-0.3, -0.25) is 9.21 Å². The van der Waals surface area contributed by atoms with Crippen molar-refractivity contribution < 1.29 is 18.3 Å². The van der Waals surface area contributed by atoms with Gasteiger partial charge in [0, 0.05) is 6.54 Å². The van der Waals surface area contributed by atoms with Gasteiger partial charge in [-0.1, -0.05) is 29.8 Å². The third kappa shape index (κ3) is 5.72. The molecule has 3 aromatic carbocycles. The zero-order valence-corrected chi connectivity index (χ0v) is 20.6. The number of aryl methyl sites for hydroxylation is 2. The van der Waals surface area contributed by atoms with Crippen molar-refractivity contribution in [1.29, 1.82) is 0 Å². The first-order chi connectivity index (χ1) is 16.3. The molecular formula is C27H32N2O4S. The van der Waals surface area contributed by atoms with Crippen molar-refractivity contribution in [3.63, 3.8) is 0 Å². The summed E-state index contributed by atoms with van der Waals surface area (Å²) in [7, 11) is -3.85. The summed E-state index contributed by atoms with van der Waals surface area (Å²) in [5, 5.41) is 9.90. The Kier molecular flexibility index (Phi) is 7.44. The summed E-state index contributed by atoms with van der Waals surface area (Å²) in [5.74, 6) is 0.812. The van der Waals surface area contributed by atoms with Crippen LogP contribution in [0.4, 0.5) is 5.69 Å². The molecule has 180 valence electrons. The van der Waals surface area contributed by atoms with Crippen LogP contribution in [0, 0.1) is 13.8 Å². The Morgan fingerprint density at radius 3 is 2.38 bits per heavy atom. The van der Waals surface area contributed by atoms with Crippen LogP contribution in [0.1, 0.15) is 29.5 Å². The number of hydrogen-bond acceptors (Lipinski definition) is 5. The summed E-state index contributed by atoms with van der Waals surface area (Å²) in [4.78, 5) is 2.66. The van der Waals surface area contributed by atoms with Crippen LogP contribution in [-0.2, 0) is 16.6 Å². The summed E-state index contributed by atoms with van der Waals surface area (Å²) < 4.78 is 34.8. The van der Waals surface area contributed by atoms with Crippen LogP contribution in [0.25, 0.3) is 0 Å². The third-order valence-corrected chi connectivity index (χ3v) is 8.07. The van der Waals surface area contributed by atoms with E-state index < -0.39 is 10.0 Å². The predicted molar refractivity (Wildman–Crippen MR) is 135 cm³/mol. The van der Waals surface area contributed by atoms with Gasteiger partial charge in [-0.25, -0.2) is 8.42 Å². The molecule has 4 rings (SSSR count). The highest BCUT2D eigenvalue weighted by atomic mass is 32.2. The monoisotopic (exact) mass is 480 g/mol. The Bertz CT molecular complexity index is 1220. The molecule has 0 aliphatic carbocycles. The number of likely N-dealkylation sites (tertiary alicyclic amines) is 1. The first kappa shape index (κ1) is 24.1. The number of sulfonamides is 1. The van der Waals surface area contributed by atoms with Crippen molar-refractivity contribution in [3.8, 4) is 11.5 Å². The molecule has 1 fully saturated rings. The molecule has 1 aliphatic heterocycles. The second kappa shape index (κ2) is 10.5. The van der Waals surface area contributed by atoms with Crippen LogP contribution >= 0.6 is 0 Å². The summed E-state index contributed by atoms with van der Waals surface area (Å²) >= 11 is 0. The molecule has 0 atom stereocenters. The van der Waals surface area contributed by atoms with E-state index in [0.29, 0.717) is 29.2 Å². The van der Waals surface area contributed by atoms with Gasteiger partial charge in [0.1, 0.15) is 18.1 Å². The summed E-state index contributed by atoms with van der Waals surface area (Å²) in [6, 6.07) is 19.2. The minimum atomic E-state index is -3.85. The molecule has 0 spiro atoms. The molecular weight excluding hydrogens is 448 g/mol. The van der Waals surface area contributed by atoms with Crippen molar-refractivity contribution in [1.82, 2.24) is 4.90 Å². The van der Waals surface area contributed by atoms with Gasteiger partial charge >= 0.3 is 0 Å². The topological polar surface area (TPSA) is 70.1 Å². The minimum absolute atomic E-state index is 0.0964. The van der Waals surface area contributed by atoms with Gasteiger partial charge in [-0.2, -0.15) is 0 Å². The maximum Gasteiger partial charge on any atom is 0.264 e. The lowest BCUT2D eigenvalue weighted by atomic mass is 10.2. The first-order valence-electron chi connectivity index (χ1n) is 11.7. The van der Waals surface area contributed by atoms with Crippen LogP contribution < -0.4 is 9.04 Å². The molecule has 0 unspecified atom stereocenters. The van der Waals surface area contributed by atoms with Gasteiger partial charge in [0.15, 0.2) is 0 Å². The summed E-state index contributed by atoms with van der Waals surface area (Å²) in [5.41, 5.74) is 2.93. The predicted octanol–water partition coefficient (Wildman–Crippen LogP) is 4.88. The lowest BCUT2D eigenvalue weighted by Crippen LogP contribution is -2.31. The van der Waals surface area contributed by atoms with Crippen molar-refractivity contribution in [3.05, 3.63) is 83.4 Å². The lowest BCUT2D eigenvalue weighted by Gasteiger charge is -2.26. The standard InChI is InChI=1S/C27H32N2O4S/c1-21-8-13-27(22(2)18-21)34(31,32)29(20-23-6-5-7-25(30)19-23)24-9-11-26(12-10-24)33-17-16-28-14-3-4-15-28/h5-13,18-19,30H,3-4,14-17,20H2,1-2H3. The average molecular weight is 481 g/mol. The van der Waals surface area contributed by atoms with E-state index in [4.69, 9.17) is 4.74 Å². The van der Waals surface area contributed by atoms with Crippen molar-refractivity contribution in [2.24, 2.45) is 0 Å². The molecule has 1 saturated heterocycles. The van der Waals surface area contributed by atoms with E-state index in [-0.39, 0.29) is 17.2 Å². The Balaban J connectivity index is 1.59. The highest BCUT2D eigenvalue weighted by Crippen LogP contribution is 2.30. The van der Waals surface area contributed by atoms with Crippen molar-refractivity contribution in [2.75, 3.05) is 30.5 Å². The molecule has 1 heterocycles. The summed E-state index contributed by atoms with van der Waals surface area (Å²) in [6.07, 6.45) is 2.50. The number of hydrogen-bond donors (Lipinski definition) is 1. The molecule has 0 aromatic heterocycles. The SMILES string of the molecule is Cc1ccc(S(=O)(=O)N(Cc2cccc(O)c2)c2ccc(OCCN3CCCC3)cc2)c(C)c1. The fourth-order valence-corrected chi connectivity index (χ4v) is 6.01. The molecule has 7 heteroatoms. The lowest BCUT2D eigenvalue weighted by molar-refractivity contribution is 0.238. The van der Waals surface area contributed by atoms with Gasteiger partial charge in [0.25, 0.3) is 10.0 Å². The quantitative estimate of drug-likeness (QED) is 0.473. The Morgan fingerprint density at radius 1 is 0.971 bits per heavy atom. The average Bonchev–Trinajstić information content (AvgIpc) is 3.31. The normalized spacial score (nSPS) is 14.3.